The lowest BCUT2D eigenvalue weighted by molar-refractivity contribution is 0.542. The Kier molecular flexibility index (Phi) is 15.9. The Morgan fingerprint density at radius 3 is 1.89 bits per heavy atom. The molecule has 0 heterocycles. The average Bonchev–Trinajstić information content (AvgIpc) is 2.43. The zero-order valence-corrected chi connectivity index (χ0v) is 12.3. The number of hydrogen-bond acceptors (Lipinski definition) is 1. The molecular weight excluding hydrogens is 232 g/mol. The van der Waals surface area contributed by atoms with Gasteiger partial charge in [0.05, 0.1) is 0 Å². The van der Waals surface area contributed by atoms with Crippen molar-refractivity contribution in [3.05, 3.63) is 37.0 Å². The average molecular weight is 261 g/mol. The van der Waals surface area contributed by atoms with Crippen molar-refractivity contribution in [3.63, 3.8) is 0 Å². The van der Waals surface area contributed by atoms with Crippen LogP contribution in [0.3, 0.4) is 0 Å². The monoisotopic (exact) mass is 261 g/mol. The van der Waals surface area contributed by atoms with Gasteiger partial charge in [-0.05, 0) is 44.9 Å². The normalized spacial score (nSPS) is 11.4. The molecular formula is C18H29O. The molecule has 0 bridgehead atoms. The van der Waals surface area contributed by atoms with E-state index in [1.807, 2.05) is 12.4 Å². The molecule has 0 N–H and O–H groups in total. The second-order valence-corrected chi connectivity index (χ2v) is 4.88. The van der Waals surface area contributed by atoms with Gasteiger partial charge in [0.1, 0.15) is 0 Å². The molecule has 0 fully saturated rings. The van der Waals surface area contributed by atoms with Gasteiger partial charge < -0.3 is 0 Å². The summed E-state index contributed by atoms with van der Waals surface area (Å²) in [6.07, 6.45) is 25.3. The highest BCUT2D eigenvalue weighted by Gasteiger charge is 1.89. The fraction of sp³-hybridized carbons (Fsp3) is 0.611. The SMILES string of the molecule is C=CCCCC/C=C/C=C/CCCCCCC[C]=O. The highest BCUT2D eigenvalue weighted by molar-refractivity contribution is 5.50. The minimum Gasteiger partial charge on any atom is -0.291 e. The Hall–Kier alpha value is -1.11. The van der Waals surface area contributed by atoms with Gasteiger partial charge in [0.15, 0.2) is 6.29 Å². The highest BCUT2D eigenvalue weighted by atomic mass is 16.1. The molecule has 0 rings (SSSR count). The molecule has 0 aliphatic rings. The second-order valence-electron chi connectivity index (χ2n) is 4.88. The fourth-order valence-corrected chi connectivity index (χ4v) is 1.89. The van der Waals surface area contributed by atoms with Crippen LogP contribution in [0.2, 0.25) is 0 Å². The number of carbonyl (C=O) groups excluding carboxylic acids is 1. The zero-order valence-electron chi connectivity index (χ0n) is 12.3. The molecule has 1 nitrogen and oxygen atoms in total. The molecule has 107 valence electrons. The van der Waals surface area contributed by atoms with Crippen molar-refractivity contribution in [3.8, 4) is 0 Å². The van der Waals surface area contributed by atoms with Crippen molar-refractivity contribution >= 4 is 6.29 Å². The minimum atomic E-state index is 0.609. The number of hydrogen-bond donors (Lipinski definition) is 0. The van der Waals surface area contributed by atoms with Crippen LogP contribution in [0.4, 0.5) is 0 Å². The lowest BCUT2D eigenvalue weighted by Gasteiger charge is -1.96. The Balaban J connectivity index is 3.17. The van der Waals surface area contributed by atoms with Crippen LogP contribution in [0.25, 0.3) is 0 Å². The molecule has 0 saturated carbocycles. The first kappa shape index (κ1) is 17.9. The van der Waals surface area contributed by atoms with E-state index >= 15 is 0 Å². The molecule has 0 spiro atoms. The van der Waals surface area contributed by atoms with Crippen LogP contribution >= 0.6 is 0 Å². The molecule has 0 aromatic heterocycles. The van der Waals surface area contributed by atoms with Crippen LogP contribution in [0.1, 0.15) is 70.6 Å². The molecule has 0 aromatic carbocycles. The largest absolute Gasteiger partial charge is 0.291 e. The summed E-state index contributed by atoms with van der Waals surface area (Å²) in [5.41, 5.74) is 0. The Morgan fingerprint density at radius 1 is 0.737 bits per heavy atom. The van der Waals surface area contributed by atoms with E-state index in [2.05, 4.69) is 30.9 Å². The van der Waals surface area contributed by atoms with E-state index in [9.17, 15) is 4.79 Å². The van der Waals surface area contributed by atoms with Crippen LogP contribution in [0.15, 0.2) is 37.0 Å². The molecule has 1 radical (unpaired) electrons. The van der Waals surface area contributed by atoms with E-state index < -0.39 is 0 Å². The lowest BCUT2D eigenvalue weighted by atomic mass is 10.1. The van der Waals surface area contributed by atoms with Gasteiger partial charge in [0, 0.05) is 6.42 Å². The number of rotatable bonds is 14. The summed E-state index contributed by atoms with van der Waals surface area (Å²) in [6.45, 7) is 3.72. The highest BCUT2D eigenvalue weighted by Crippen LogP contribution is 2.07. The molecule has 1 heteroatoms. The quantitative estimate of drug-likeness (QED) is 0.223. The minimum absolute atomic E-state index is 0.609. The predicted molar refractivity (Wildman–Crippen MR) is 85.0 cm³/mol. The maximum atomic E-state index is 9.99. The van der Waals surface area contributed by atoms with Gasteiger partial charge in [0.25, 0.3) is 0 Å². The van der Waals surface area contributed by atoms with Crippen molar-refractivity contribution in [1.82, 2.24) is 0 Å². The van der Waals surface area contributed by atoms with Crippen molar-refractivity contribution < 1.29 is 4.79 Å². The van der Waals surface area contributed by atoms with Gasteiger partial charge in [0.2, 0.25) is 0 Å². The van der Waals surface area contributed by atoms with Crippen molar-refractivity contribution in [2.75, 3.05) is 0 Å². The van der Waals surface area contributed by atoms with Crippen molar-refractivity contribution in [2.45, 2.75) is 70.6 Å². The first-order valence-electron chi connectivity index (χ1n) is 7.69. The first-order valence-corrected chi connectivity index (χ1v) is 7.69. The smallest absolute Gasteiger partial charge is 0.198 e. The van der Waals surface area contributed by atoms with E-state index in [4.69, 9.17) is 0 Å². The van der Waals surface area contributed by atoms with Crippen LogP contribution in [0.5, 0.6) is 0 Å². The first-order chi connectivity index (χ1) is 9.41. The zero-order chi connectivity index (χ0) is 14.0. The summed E-state index contributed by atoms with van der Waals surface area (Å²) in [5, 5.41) is 0. The third-order valence-electron chi connectivity index (χ3n) is 3.06. The molecule has 0 aliphatic carbocycles. The topological polar surface area (TPSA) is 17.1 Å². The molecule has 19 heavy (non-hydrogen) atoms. The van der Waals surface area contributed by atoms with E-state index in [1.165, 1.54) is 51.4 Å². The summed E-state index contributed by atoms with van der Waals surface area (Å²) in [6, 6.07) is 0. The fourth-order valence-electron chi connectivity index (χ4n) is 1.89. The van der Waals surface area contributed by atoms with Gasteiger partial charge in [-0.3, -0.25) is 4.79 Å². The molecule has 0 saturated heterocycles. The third-order valence-corrected chi connectivity index (χ3v) is 3.06. The summed E-state index contributed by atoms with van der Waals surface area (Å²) in [5.74, 6) is 0. The van der Waals surface area contributed by atoms with Gasteiger partial charge in [-0.25, -0.2) is 0 Å². The van der Waals surface area contributed by atoms with Gasteiger partial charge in [-0.2, -0.15) is 0 Å². The van der Waals surface area contributed by atoms with Crippen molar-refractivity contribution in [1.29, 1.82) is 0 Å². The standard InChI is InChI=1S/C18H29O/c1-2-3-4-5-6-7-8-9-10-11-12-13-14-15-16-17-18-19/h2,7-10H,1,3-6,11-17H2/b8-7+,10-9+. The van der Waals surface area contributed by atoms with E-state index in [1.54, 1.807) is 0 Å². The van der Waals surface area contributed by atoms with Crippen LogP contribution in [-0.4, -0.2) is 6.29 Å². The summed E-state index contributed by atoms with van der Waals surface area (Å²) < 4.78 is 0. The lowest BCUT2D eigenvalue weighted by Crippen LogP contribution is -1.79. The van der Waals surface area contributed by atoms with Gasteiger partial charge in [-0.15, -0.1) is 6.58 Å². The summed E-state index contributed by atoms with van der Waals surface area (Å²) in [7, 11) is 0. The molecule has 0 atom stereocenters. The van der Waals surface area contributed by atoms with E-state index in [0.717, 1.165) is 12.8 Å². The van der Waals surface area contributed by atoms with Crippen LogP contribution in [0, 0.1) is 0 Å². The van der Waals surface area contributed by atoms with Gasteiger partial charge >= 0.3 is 0 Å². The summed E-state index contributed by atoms with van der Waals surface area (Å²) >= 11 is 0. The number of unbranched alkanes of at least 4 members (excludes halogenated alkanes) is 9. The van der Waals surface area contributed by atoms with Crippen LogP contribution in [-0.2, 0) is 4.79 Å². The van der Waals surface area contributed by atoms with Crippen molar-refractivity contribution in [2.24, 2.45) is 0 Å². The maximum Gasteiger partial charge on any atom is 0.198 e. The Labute approximate surface area is 119 Å². The third kappa shape index (κ3) is 16.9. The van der Waals surface area contributed by atoms with Crippen LogP contribution < -0.4 is 0 Å². The van der Waals surface area contributed by atoms with E-state index in [-0.39, 0.29) is 0 Å². The van der Waals surface area contributed by atoms with Gasteiger partial charge in [-0.1, -0.05) is 49.6 Å². The molecule has 0 amide bonds. The maximum absolute atomic E-state index is 9.99. The summed E-state index contributed by atoms with van der Waals surface area (Å²) in [4.78, 5) is 9.99. The second kappa shape index (κ2) is 16.9. The predicted octanol–water partition coefficient (Wildman–Crippen LogP) is 5.69. The van der Waals surface area contributed by atoms with E-state index in [0.29, 0.717) is 6.42 Å². The molecule has 0 aliphatic heterocycles. The Bertz CT molecular complexity index is 250. The molecule has 0 unspecified atom stereocenters. The molecule has 0 aromatic rings. The Morgan fingerprint density at radius 2 is 1.26 bits per heavy atom. The number of allylic oxidation sites excluding steroid dienone is 5.